The summed E-state index contributed by atoms with van der Waals surface area (Å²) in [6.07, 6.45) is 11.2. The monoisotopic (exact) mass is 851 g/mol. The van der Waals surface area contributed by atoms with Gasteiger partial charge in [0.25, 0.3) is 23.8 Å². The lowest BCUT2D eigenvalue weighted by atomic mass is 9.95. The minimum Gasteiger partial charge on any atom is -0.496 e. The highest BCUT2D eigenvalue weighted by Crippen LogP contribution is 2.39. The van der Waals surface area contributed by atoms with E-state index in [0.29, 0.717) is 55.3 Å². The van der Waals surface area contributed by atoms with Gasteiger partial charge in [0.1, 0.15) is 17.5 Å². The van der Waals surface area contributed by atoms with E-state index in [2.05, 4.69) is 20.5 Å². The maximum Gasteiger partial charge on any atom is 0.290 e. The Hall–Kier alpha value is -6.62. The molecule has 5 amide bonds. The molecule has 2 fully saturated rings. The molecule has 328 valence electrons. The van der Waals surface area contributed by atoms with Crippen LogP contribution in [-0.2, 0) is 32.8 Å². The number of amides is 5. The SMILES string of the molecule is COc1cc(-c2cn(C)c(=O)c3cnccc23)cc(OC)c1CN1CC(C(=O)N(C)CCCCCCCCNc2cccc3c2C(=O)N(C2CCC(=O)NC2=O)C3=O)C1.O=CO. The Labute approximate surface area is 359 Å². The van der Waals surface area contributed by atoms with Gasteiger partial charge in [0.2, 0.25) is 17.7 Å². The predicted octanol–water partition coefficient (Wildman–Crippen LogP) is 4.06. The van der Waals surface area contributed by atoms with E-state index in [0.717, 1.165) is 65.5 Å². The molecule has 2 aromatic carbocycles. The number of carboxylic acid groups (broad SMARTS) is 1. The lowest BCUT2D eigenvalue weighted by Gasteiger charge is -2.40. The summed E-state index contributed by atoms with van der Waals surface area (Å²) in [7, 11) is 6.87. The molecule has 0 aliphatic carbocycles. The number of imide groups is 2. The van der Waals surface area contributed by atoms with Crippen LogP contribution in [-0.4, -0.2) is 119 Å². The quantitative estimate of drug-likeness (QED) is 0.0779. The minimum absolute atomic E-state index is 0.0610. The Morgan fingerprint density at radius 2 is 1.63 bits per heavy atom. The van der Waals surface area contributed by atoms with Gasteiger partial charge in [0.15, 0.2) is 0 Å². The van der Waals surface area contributed by atoms with Crippen LogP contribution in [0.15, 0.2) is 59.8 Å². The van der Waals surface area contributed by atoms with Gasteiger partial charge in [-0.15, -0.1) is 0 Å². The zero-order valence-electron chi connectivity index (χ0n) is 35.5. The molecule has 0 spiro atoms. The highest BCUT2D eigenvalue weighted by atomic mass is 16.5. The summed E-state index contributed by atoms with van der Waals surface area (Å²) in [4.78, 5) is 94.0. The van der Waals surface area contributed by atoms with Crippen molar-refractivity contribution in [3.8, 4) is 22.6 Å². The smallest absolute Gasteiger partial charge is 0.290 e. The molecule has 1 atom stereocenters. The Morgan fingerprint density at radius 1 is 0.952 bits per heavy atom. The number of likely N-dealkylation sites (tertiary alicyclic amines) is 1. The van der Waals surface area contributed by atoms with Crippen molar-refractivity contribution in [1.82, 2.24) is 29.6 Å². The molecular formula is C45H53N7O10. The van der Waals surface area contributed by atoms with Crippen molar-refractivity contribution >= 4 is 52.5 Å². The molecular weight excluding hydrogens is 799 g/mol. The van der Waals surface area contributed by atoms with Gasteiger partial charge in [0, 0.05) is 83.1 Å². The van der Waals surface area contributed by atoms with E-state index in [1.54, 1.807) is 56.4 Å². The summed E-state index contributed by atoms with van der Waals surface area (Å²) < 4.78 is 13.3. The largest absolute Gasteiger partial charge is 0.496 e. The number of pyridine rings is 2. The van der Waals surface area contributed by atoms with Gasteiger partial charge in [-0.1, -0.05) is 31.7 Å². The number of fused-ring (bicyclic) bond motifs is 2. The number of methoxy groups -OCH3 is 2. The molecule has 7 rings (SSSR count). The number of rotatable bonds is 17. The van der Waals surface area contributed by atoms with Crippen molar-refractivity contribution in [1.29, 1.82) is 0 Å². The number of carbonyl (C=O) groups is 6. The third-order valence-corrected chi connectivity index (χ3v) is 11.7. The molecule has 17 nitrogen and oxygen atoms in total. The fourth-order valence-corrected chi connectivity index (χ4v) is 8.40. The van der Waals surface area contributed by atoms with Gasteiger partial charge in [-0.25, -0.2) is 0 Å². The van der Waals surface area contributed by atoms with Crippen LogP contribution in [0.25, 0.3) is 21.9 Å². The third kappa shape index (κ3) is 9.62. The molecule has 0 bridgehead atoms. The Balaban J connectivity index is 0.00000208. The summed E-state index contributed by atoms with van der Waals surface area (Å²) in [5, 5.41) is 13.8. The number of aromatic nitrogens is 2. The maximum absolute atomic E-state index is 13.3. The Kier molecular flexibility index (Phi) is 14.7. The van der Waals surface area contributed by atoms with E-state index >= 15 is 0 Å². The second kappa shape index (κ2) is 20.3. The van der Waals surface area contributed by atoms with Crippen LogP contribution in [0.2, 0.25) is 0 Å². The van der Waals surface area contributed by atoms with Crippen molar-refractivity contribution in [3.05, 3.63) is 82.0 Å². The molecule has 3 aliphatic rings. The standard InChI is InChI=1S/C44H51N7O8.CH2O2/c1-48(19-10-8-6-5-7-9-17-46-34-13-11-12-30-39(34)44(57)51(43(30)56)35-14-15-38(52)47-40(35)53)41(54)28-23-50(24-28)26-33-36(58-3)20-27(21-37(33)59-4)32-25-49(2)42(55)31-22-45-18-16-29(31)32;2-1-3/h11-13,16,18,20-22,25,28,35,46H,5-10,14-15,17,19,23-24,26H2,1-4H3,(H,47,52,53);1H,(H,2,3). The molecule has 0 radical (unpaired) electrons. The van der Waals surface area contributed by atoms with E-state index in [1.807, 2.05) is 36.3 Å². The normalized spacial score (nSPS) is 16.3. The Morgan fingerprint density at radius 3 is 2.31 bits per heavy atom. The fourth-order valence-electron chi connectivity index (χ4n) is 8.40. The number of unbranched alkanes of at least 4 members (excludes halogenated alkanes) is 5. The number of hydrogen-bond donors (Lipinski definition) is 3. The first kappa shape index (κ1) is 44.9. The summed E-state index contributed by atoms with van der Waals surface area (Å²) >= 11 is 0. The van der Waals surface area contributed by atoms with Crippen LogP contribution in [0.5, 0.6) is 11.5 Å². The van der Waals surface area contributed by atoms with Crippen molar-refractivity contribution in [3.63, 3.8) is 0 Å². The van der Waals surface area contributed by atoms with Crippen molar-refractivity contribution in [2.45, 2.75) is 64.0 Å². The van der Waals surface area contributed by atoms with Crippen LogP contribution in [0.3, 0.4) is 0 Å². The van der Waals surface area contributed by atoms with E-state index in [1.165, 1.54) is 0 Å². The van der Waals surface area contributed by atoms with Gasteiger partial charge in [-0.2, -0.15) is 0 Å². The van der Waals surface area contributed by atoms with Crippen molar-refractivity contribution in [2.24, 2.45) is 13.0 Å². The maximum atomic E-state index is 13.3. The molecule has 0 saturated carbocycles. The van der Waals surface area contributed by atoms with Crippen molar-refractivity contribution in [2.75, 3.05) is 52.8 Å². The van der Waals surface area contributed by atoms with Gasteiger partial charge in [-0.3, -0.25) is 53.7 Å². The van der Waals surface area contributed by atoms with E-state index in [4.69, 9.17) is 19.4 Å². The van der Waals surface area contributed by atoms with Gasteiger partial charge in [-0.05, 0) is 60.5 Å². The number of carbonyl (C=O) groups excluding carboxylic acids is 5. The number of nitrogens with zero attached hydrogens (tertiary/aromatic N) is 5. The van der Waals surface area contributed by atoms with Crippen LogP contribution < -0.4 is 25.7 Å². The second-order valence-electron chi connectivity index (χ2n) is 15.7. The number of nitrogens with one attached hydrogen (secondary N) is 2. The number of ether oxygens (including phenoxy) is 2. The predicted molar refractivity (Wildman–Crippen MR) is 230 cm³/mol. The highest BCUT2D eigenvalue weighted by Gasteiger charge is 2.45. The number of hydrogen-bond acceptors (Lipinski definition) is 12. The first-order valence-corrected chi connectivity index (χ1v) is 20.7. The molecule has 1 unspecified atom stereocenters. The third-order valence-electron chi connectivity index (χ3n) is 11.7. The van der Waals surface area contributed by atoms with Crippen molar-refractivity contribution < 1.29 is 43.3 Å². The fraction of sp³-hybridized carbons (Fsp3) is 0.422. The summed E-state index contributed by atoms with van der Waals surface area (Å²) in [5.41, 5.74) is 3.62. The molecule has 2 saturated heterocycles. The molecule has 17 heteroatoms. The van der Waals surface area contributed by atoms with Crippen LogP contribution in [0.1, 0.15) is 77.6 Å². The van der Waals surface area contributed by atoms with Crippen LogP contribution >= 0.6 is 0 Å². The highest BCUT2D eigenvalue weighted by molar-refractivity contribution is 6.25. The minimum atomic E-state index is -0.993. The number of benzene rings is 2. The summed E-state index contributed by atoms with van der Waals surface area (Å²) in [6.45, 7) is 2.96. The number of aryl methyl sites for hydroxylation is 1. The van der Waals surface area contributed by atoms with E-state index in [-0.39, 0.29) is 47.8 Å². The zero-order valence-corrected chi connectivity index (χ0v) is 35.5. The first-order chi connectivity index (χ1) is 29.9. The van der Waals surface area contributed by atoms with Gasteiger partial charge >= 0.3 is 0 Å². The topological polar surface area (TPSA) is 210 Å². The zero-order chi connectivity index (χ0) is 44.5. The molecule has 3 N–H and O–H groups in total. The average Bonchev–Trinajstić information content (AvgIpc) is 3.51. The van der Waals surface area contributed by atoms with Gasteiger partial charge in [0.05, 0.1) is 42.2 Å². The van der Waals surface area contributed by atoms with E-state index in [9.17, 15) is 28.8 Å². The summed E-state index contributed by atoms with van der Waals surface area (Å²) in [5.74, 6) is -0.617. The van der Waals surface area contributed by atoms with Crippen LogP contribution in [0.4, 0.5) is 5.69 Å². The van der Waals surface area contributed by atoms with Crippen LogP contribution in [0, 0.1) is 5.92 Å². The molecule has 62 heavy (non-hydrogen) atoms. The van der Waals surface area contributed by atoms with E-state index < -0.39 is 29.7 Å². The molecule has 2 aromatic heterocycles. The van der Waals surface area contributed by atoms with Gasteiger partial charge < -0.3 is 29.4 Å². The molecule has 4 aromatic rings. The lowest BCUT2D eigenvalue weighted by molar-refractivity contribution is -0.140. The summed E-state index contributed by atoms with van der Waals surface area (Å²) in [6, 6.07) is 9.86. The average molecular weight is 852 g/mol. The molecule has 5 heterocycles. The first-order valence-electron chi connectivity index (χ1n) is 20.7. The number of anilines is 1. The second-order valence-corrected chi connectivity index (χ2v) is 15.7. The molecule has 3 aliphatic heterocycles. The lowest BCUT2D eigenvalue weighted by Crippen LogP contribution is -2.54. The number of piperidine rings is 1. The Bertz CT molecular complexity index is 2390.